The second-order valence-corrected chi connectivity index (χ2v) is 4.37. The molecular formula is C14H12N6O. The molecule has 0 bridgehead atoms. The Morgan fingerprint density at radius 3 is 2.81 bits per heavy atom. The summed E-state index contributed by atoms with van der Waals surface area (Å²) in [6.07, 6.45) is 3.09. The third-order valence-corrected chi connectivity index (χ3v) is 3.05. The minimum absolute atomic E-state index is 0.257. The standard InChI is InChI=1S/C14H12N6O/c1-10-11(17-14(21)12-5-2-3-8-15-12)6-4-7-13(10)20-9-16-18-19-20/h2-9H,1H3,(H,17,21). The van der Waals surface area contributed by atoms with Crippen LogP contribution in [-0.4, -0.2) is 31.1 Å². The lowest BCUT2D eigenvalue weighted by atomic mass is 10.1. The minimum atomic E-state index is -0.257. The first kappa shape index (κ1) is 12.9. The molecule has 104 valence electrons. The number of pyridine rings is 1. The van der Waals surface area contributed by atoms with Gasteiger partial charge in [-0.15, -0.1) is 5.10 Å². The number of amides is 1. The van der Waals surface area contributed by atoms with Crippen LogP contribution in [0.3, 0.4) is 0 Å². The summed E-state index contributed by atoms with van der Waals surface area (Å²) in [5.74, 6) is -0.257. The van der Waals surface area contributed by atoms with E-state index in [1.54, 1.807) is 29.1 Å². The number of carbonyl (C=O) groups is 1. The molecule has 7 nitrogen and oxygen atoms in total. The number of anilines is 1. The number of nitrogens with one attached hydrogen (secondary N) is 1. The van der Waals surface area contributed by atoms with Crippen molar-refractivity contribution >= 4 is 11.6 Å². The molecule has 1 N–H and O–H groups in total. The zero-order valence-electron chi connectivity index (χ0n) is 11.3. The van der Waals surface area contributed by atoms with Gasteiger partial charge in [0.05, 0.1) is 5.69 Å². The predicted molar refractivity (Wildman–Crippen MR) is 76.1 cm³/mol. The Kier molecular flexibility index (Phi) is 3.38. The molecule has 2 heterocycles. The van der Waals surface area contributed by atoms with Crippen LogP contribution in [0, 0.1) is 6.92 Å². The van der Waals surface area contributed by atoms with Gasteiger partial charge in [-0.25, -0.2) is 4.68 Å². The largest absolute Gasteiger partial charge is 0.320 e. The Balaban J connectivity index is 1.90. The van der Waals surface area contributed by atoms with Crippen LogP contribution in [0.2, 0.25) is 0 Å². The third kappa shape index (κ3) is 2.62. The number of tetrazole rings is 1. The number of benzene rings is 1. The van der Waals surface area contributed by atoms with Crippen molar-refractivity contribution in [1.29, 1.82) is 0 Å². The Labute approximate surface area is 120 Å². The lowest BCUT2D eigenvalue weighted by molar-refractivity contribution is 0.102. The van der Waals surface area contributed by atoms with Crippen LogP contribution in [0.5, 0.6) is 0 Å². The Bertz CT molecular complexity index is 754. The Hall–Kier alpha value is -3.09. The Morgan fingerprint density at radius 2 is 2.10 bits per heavy atom. The van der Waals surface area contributed by atoms with E-state index < -0.39 is 0 Å². The molecule has 0 aliphatic carbocycles. The molecule has 2 aromatic heterocycles. The minimum Gasteiger partial charge on any atom is -0.320 e. The van der Waals surface area contributed by atoms with Crippen molar-refractivity contribution in [2.75, 3.05) is 5.32 Å². The zero-order valence-corrected chi connectivity index (χ0v) is 11.3. The van der Waals surface area contributed by atoms with Gasteiger partial charge < -0.3 is 5.32 Å². The zero-order chi connectivity index (χ0) is 14.7. The van der Waals surface area contributed by atoms with Gasteiger partial charge in [0.25, 0.3) is 5.91 Å². The van der Waals surface area contributed by atoms with E-state index in [4.69, 9.17) is 0 Å². The van der Waals surface area contributed by atoms with E-state index in [1.807, 2.05) is 25.1 Å². The maximum atomic E-state index is 12.1. The summed E-state index contributed by atoms with van der Waals surface area (Å²) in [5.41, 5.74) is 2.73. The van der Waals surface area contributed by atoms with Gasteiger partial charge in [0, 0.05) is 11.9 Å². The molecule has 0 saturated heterocycles. The molecule has 1 amide bonds. The predicted octanol–water partition coefficient (Wildman–Crippen LogP) is 1.62. The summed E-state index contributed by atoms with van der Waals surface area (Å²) in [6, 6.07) is 10.7. The lowest BCUT2D eigenvalue weighted by Crippen LogP contribution is -2.14. The number of carbonyl (C=O) groups excluding carboxylic acids is 1. The molecule has 0 aliphatic rings. The highest BCUT2D eigenvalue weighted by molar-refractivity contribution is 6.03. The number of rotatable bonds is 3. The molecule has 21 heavy (non-hydrogen) atoms. The van der Waals surface area contributed by atoms with Crippen LogP contribution >= 0.6 is 0 Å². The van der Waals surface area contributed by atoms with Crippen molar-refractivity contribution in [3.05, 3.63) is 60.2 Å². The van der Waals surface area contributed by atoms with Crippen LogP contribution in [0.15, 0.2) is 48.9 Å². The first-order chi connectivity index (χ1) is 10.3. The van der Waals surface area contributed by atoms with Crippen molar-refractivity contribution in [3.63, 3.8) is 0 Å². The molecule has 0 unspecified atom stereocenters. The summed E-state index contributed by atoms with van der Waals surface area (Å²) in [6.45, 7) is 1.89. The number of nitrogens with zero attached hydrogens (tertiary/aromatic N) is 5. The Morgan fingerprint density at radius 1 is 1.19 bits per heavy atom. The van der Waals surface area contributed by atoms with Crippen LogP contribution in [-0.2, 0) is 0 Å². The molecule has 0 aliphatic heterocycles. The highest BCUT2D eigenvalue weighted by Crippen LogP contribution is 2.21. The molecular weight excluding hydrogens is 268 g/mol. The van der Waals surface area contributed by atoms with Crippen LogP contribution in [0.4, 0.5) is 5.69 Å². The fourth-order valence-electron chi connectivity index (χ4n) is 1.96. The normalized spacial score (nSPS) is 10.3. The summed E-state index contributed by atoms with van der Waals surface area (Å²) < 4.78 is 1.55. The average Bonchev–Trinajstić information content (AvgIpc) is 3.04. The summed E-state index contributed by atoms with van der Waals surface area (Å²) in [7, 11) is 0. The average molecular weight is 280 g/mol. The van der Waals surface area contributed by atoms with Gasteiger partial charge in [0.1, 0.15) is 12.0 Å². The molecule has 0 radical (unpaired) electrons. The topological polar surface area (TPSA) is 85.6 Å². The summed E-state index contributed by atoms with van der Waals surface area (Å²) >= 11 is 0. The first-order valence-corrected chi connectivity index (χ1v) is 6.31. The molecule has 3 rings (SSSR count). The van der Waals surface area contributed by atoms with E-state index in [-0.39, 0.29) is 5.91 Å². The second kappa shape index (κ2) is 5.49. The van der Waals surface area contributed by atoms with Gasteiger partial charge in [-0.1, -0.05) is 12.1 Å². The van der Waals surface area contributed by atoms with Crippen LogP contribution < -0.4 is 5.32 Å². The number of hydrogen-bond acceptors (Lipinski definition) is 5. The number of aromatic nitrogens is 5. The van der Waals surface area contributed by atoms with E-state index in [1.165, 1.54) is 6.33 Å². The van der Waals surface area contributed by atoms with Gasteiger partial charge in [-0.05, 0) is 47.2 Å². The van der Waals surface area contributed by atoms with Gasteiger partial charge in [0.2, 0.25) is 0 Å². The maximum Gasteiger partial charge on any atom is 0.274 e. The molecule has 1 aromatic carbocycles. The van der Waals surface area contributed by atoms with E-state index >= 15 is 0 Å². The van der Waals surface area contributed by atoms with E-state index in [2.05, 4.69) is 25.8 Å². The highest BCUT2D eigenvalue weighted by atomic mass is 16.1. The van der Waals surface area contributed by atoms with E-state index in [0.29, 0.717) is 11.4 Å². The fourth-order valence-corrected chi connectivity index (χ4v) is 1.96. The number of hydrogen-bond donors (Lipinski definition) is 1. The van der Waals surface area contributed by atoms with Crippen LogP contribution in [0.1, 0.15) is 16.1 Å². The van der Waals surface area contributed by atoms with Crippen molar-refractivity contribution in [2.45, 2.75) is 6.92 Å². The highest BCUT2D eigenvalue weighted by Gasteiger charge is 2.11. The summed E-state index contributed by atoms with van der Waals surface area (Å²) in [4.78, 5) is 16.2. The third-order valence-electron chi connectivity index (χ3n) is 3.05. The summed E-state index contributed by atoms with van der Waals surface area (Å²) in [5, 5.41) is 13.9. The quantitative estimate of drug-likeness (QED) is 0.788. The lowest BCUT2D eigenvalue weighted by Gasteiger charge is -2.11. The van der Waals surface area contributed by atoms with Gasteiger partial charge in [0.15, 0.2) is 0 Å². The fraction of sp³-hybridized carbons (Fsp3) is 0.0714. The van der Waals surface area contributed by atoms with Crippen molar-refractivity contribution < 1.29 is 4.79 Å². The van der Waals surface area contributed by atoms with Gasteiger partial charge in [-0.2, -0.15) is 0 Å². The second-order valence-electron chi connectivity index (χ2n) is 4.37. The molecule has 0 spiro atoms. The monoisotopic (exact) mass is 280 g/mol. The molecule has 7 heteroatoms. The SMILES string of the molecule is Cc1c(NC(=O)c2ccccn2)cccc1-n1cnnn1. The molecule has 0 saturated carbocycles. The smallest absolute Gasteiger partial charge is 0.274 e. The van der Waals surface area contributed by atoms with E-state index in [0.717, 1.165) is 11.3 Å². The molecule has 0 atom stereocenters. The van der Waals surface area contributed by atoms with Crippen molar-refractivity contribution in [3.8, 4) is 5.69 Å². The van der Waals surface area contributed by atoms with Gasteiger partial charge >= 0.3 is 0 Å². The van der Waals surface area contributed by atoms with Crippen molar-refractivity contribution in [1.82, 2.24) is 25.2 Å². The maximum absolute atomic E-state index is 12.1. The van der Waals surface area contributed by atoms with Gasteiger partial charge in [-0.3, -0.25) is 9.78 Å². The first-order valence-electron chi connectivity index (χ1n) is 6.31. The van der Waals surface area contributed by atoms with Crippen LogP contribution in [0.25, 0.3) is 5.69 Å². The molecule has 0 fully saturated rings. The van der Waals surface area contributed by atoms with Crippen molar-refractivity contribution in [2.24, 2.45) is 0 Å². The molecule has 3 aromatic rings. The van der Waals surface area contributed by atoms with E-state index in [9.17, 15) is 4.79 Å².